The zero-order valence-electron chi connectivity index (χ0n) is 11.9. The second kappa shape index (κ2) is 7.51. The Kier molecular flexibility index (Phi) is 5.42. The first-order valence-corrected chi connectivity index (χ1v) is 7.31. The van der Waals surface area contributed by atoms with Crippen LogP contribution in [0.5, 0.6) is 0 Å². The number of hydrogen-bond acceptors (Lipinski definition) is 6. The standard InChI is InChI=1S/C14H15N3O4S/c1-9-12(22-17-16-9)7-11(13(18)19)15-14(20)21-8-10-5-3-2-4-6-10/h2-6,11H,7-8H2,1H3,(H,15,20)(H,18,19). The van der Waals surface area contributed by atoms with Crippen LogP contribution in [0.1, 0.15) is 16.1 Å². The Hall–Kier alpha value is -2.48. The number of ether oxygens (including phenoxy) is 1. The molecule has 1 heterocycles. The molecule has 1 aromatic heterocycles. The minimum atomic E-state index is -1.13. The van der Waals surface area contributed by atoms with Gasteiger partial charge >= 0.3 is 12.1 Å². The SMILES string of the molecule is Cc1nnsc1CC(NC(=O)OCc1ccccc1)C(=O)O. The molecule has 2 aromatic rings. The summed E-state index contributed by atoms with van der Waals surface area (Å²) in [6.45, 7) is 1.83. The summed E-state index contributed by atoms with van der Waals surface area (Å²) in [4.78, 5) is 23.7. The van der Waals surface area contributed by atoms with Crippen LogP contribution in [0.15, 0.2) is 30.3 Å². The number of alkyl carbamates (subject to hydrolysis) is 1. The fourth-order valence-corrected chi connectivity index (χ4v) is 2.41. The fraction of sp³-hybridized carbons (Fsp3) is 0.286. The number of rotatable bonds is 6. The predicted octanol–water partition coefficient (Wildman–Crippen LogP) is 1.77. The van der Waals surface area contributed by atoms with Gasteiger partial charge in [0.1, 0.15) is 12.6 Å². The van der Waals surface area contributed by atoms with E-state index in [1.807, 2.05) is 30.3 Å². The third-order valence-corrected chi connectivity index (χ3v) is 3.78. The van der Waals surface area contributed by atoms with Gasteiger partial charge in [-0.25, -0.2) is 9.59 Å². The molecule has 116 valence electrons. The van der Waals surface area contributed by atoms with E-state index in [0.717, 1.165) is 22.0 Å². The molecule has 1 aromatic carbocycles. The van der Waals surface area contributed by atoms with Gasteiger partial charge < -0.3 is 15.2 Å². The third-order valence-electron chi connectivity index (χ3n) is 2.94. The van der Waals surface area contributed by atoms with Crippen LogP contribution in [-0.4, -0.2) is 32.8 Å². The van der Waals surface area contributed by atoms with Crippen molar-refractivity contribution in [3.63, 3.8) is 0 Å². The van der Waals surface area contributed by atoms with E-state index in [4.69, 9.17) is 4.74 Å². The van der Waals surface area contributed by atoms with E-state index in [1.165, 1.54) is 0 Å². The van der Waals surface area contributed by atoms with E-state index in [9.17, 15) is 14.7 Å². The summed E-state index contributed by atoms with van der Waals surface area (Å²) >= 11 is 1.12. The molecule has 0 spiro atoms. The first kappa shape index (κ1) is 15.9. The van der Waals surface area contributed by atoms with Crippen LogP contribution >= 0.6 is 11.5 Å². The van der Waals surface area contributed by atoms with Crippen LogP contribution in [0.4, 0.5) is 4.79 Å². The van der Waals surface area contributed by atoms with Gasteiger partial charge in [0.2, 0.25) is 0 Å². The smallest absolute Gasteiger partial charge is 0.408 e. The molecule has 0 saturated carbocycles. The van der Waals surface area contributed by atoms with Gasteiger partial charge in [-0.2, -0.15) is 0 Å². The summed E-state index contributed by atoms with van der Waals surface area (Å²) in [7, 11) is 0. The van der Waals surface area contributed by atoms with Crippen molar-refractivity contribution in [1.82, 2.24) is 14.9 Å². The molecule has 0 fully saturated rings. The lowest BCUT2D eigenvalue weighted by molar-refractivity contribution is -0.139. The summed E-state index contributed by atoms with van der Waals surface area (Å²) in [5.74, 6) is -1.13. The molecule has 0 aliphatic heterocycles. The third kappa shape index (κ3) is 4.52. The van der Waals surface area contributed by atoms with Gasteiger partial charge in [-0.3, -0.25) is 0 Å². The summed E-state index contributed by atoms with van der Waals surface area (Å²) in [6.07, 6.45) is -0.648. The van der Waals surface area contributed by atoms with Crippen molar-refractivity contribution >= 4 is 23.6 Å². The largest absolute Gasteiger partial charge is 0.480 e. The Bertz CT molecular complexity index is 645. The zero-order valence-corrected chi connectivity index (χ0v) is 12.7. The molecule has 2 N–H and O–H groups in total. The van der Waals surface area contributed by atoms with E-state index in [0.29, 0.717) is 5.69 Å². The lowest BCUT2D eigenvalue weighted by Crippen LogP contribution is -2.42. The highest BCUT2D eigenvalue weighted by Gasteiger charge is 2.23. The van der Waals surface area contributed by atoms with Crippen molar-refractivity contribution in [3.05, 3.63) is 46.5 Å². The monoisotopic (exact) mass is 321 g/mol. The van der Waals surface area contributed by atoms with E-state index in [-0.39, 0.29) is 13.0 Å². The Morgan fingerprint density at radius 3 is 2.68 bits per heavy atom. The quantitative estimate of drug-likeness (QED) is 0.841. The second-order valence-electron chi connectivity index (χ2n) is 4.58. The number of benzene rings is 1. The average Bonchev–Trinajstić information content (AvgIpc) is 2.91. The molecule has 0 aliphatic carbocycles. The number of carbonyl (C=O) groups is 2. The number of aryl methyl sites for hydroxylation is 1. The zero-order chi connectivity index (χ0) is 15.9. The lowest BCUT2D eigenvalue weighted by Gasteiger charge is -2.13. The Morgan fingerprint density at radius 2 is 2.09 bits per heavy atom. The Labute approximate surface area is 131 Å². The Balaban J connectivity index is 1.89. The number of hydrogen-bond donors (Lipinski definition) is 2. The minimum Gasteiger partial charge on any atom is -0.480 e. The average molecular weight is 321 g/mol. The van der Waals surface area contributed by atoms with Gasteiger partial charge in [0.15, 0.2) is 0 Å². The number of nitrogens with zero attached hydrogens (tertiary/aromatic N) is 2. The molecule has 1 amide bonds. The molecule has 0 aliphatic rings. The van der Waals surface area contributed by atoms with Gasteiger partial charge in [-0.15, -0.1) is 5.10 Å². The molecular formula is C14H15N3O4S. The molecular weight excluding hydrogens is 306 g/mol. The maximum absolute atomic E-state index is 11.7. The maximum atomic E-state index is 11.7. The number of aromatic nitrogens is 2. The summed E-state index contributed by atoms with van der Waals surface area (Å²) in [5, 5.41) is 15.3. The molecule has 0 radical (unpaired) electrons. The Morgan fingerprint density at radius 1 is 1.36 bits per heavy atom. The summed E-state index contributed by atoms with van der Waals surface area (Å²) in [5.41, 5.74) is 1.49. The van der Waals surface area contributed by atoms with E-state index < -0.39 is 18.1 Å². The highest BCUT2D eigenvalue weighted by molar-refractivity contribution is 7.05. The molecule has 1 atom stereocenters. The van der Waals surface area contributed by atoms with Crippen LogP contribution < -0.4 is 5.32 Å². The van der Waals surface area contributed by atoms with Crippen LogP contribution in [-0.2, 0) is 22.6 Å². The number of carboxylic acids is 1. The van der Waals surface area contributed by atoms with Gasteiger partial charge in [-0.05, 0) is 24.0 Å². The number of carboxylic acid groups (broad SMARTS) is 1. The topological polar surface area (TPSA) is 101 Å². The second-order valence-corrected chi connectivity index (χ2v) is 5.42. The molecule has 0 saturated heterocycles. The van der Waals surface area contributed by atoms with Crippen molar-refractivity contribution < 1.29 is 19.4 Å². The van der Waals surface area contributed by atoms with Crippen molar-refractivity contribution in [2.24, 2.45) is 0 Å². The number of nitrogens with one attached hydrogen (secondary N) is 1. The molecule has 22 heavy (non-hydrogen) atoms. The van der Waals surface area contributed by atoms with Gasteiger partial charge in [-0.1, -0.05) is 34.8 Å². The maximum Gasteiger partial charge on any atom is 0.408 e. The summed E-state index contributed by atoms with van der Waals surface area (Å²) in [6, 6.07) is 8.06. The first-order chi connectivity index (χ1) is 10.6. The van der Waals surface area contributed by atoms with Crippen molar-refractivity contribution in [2.75, 3.05) is 0 Å². The normalized spacial score (nSPS) is 11.7. The van der Waals surface area contributed by atoms with Gasteiger partial charge in [0, 0.05) is 6.42 Å². The number of aliphatic carboxylic acids is 1. The van der Waals surface area contributed by atoms with Crippen LogP contribution in [0, 0.1) is 6.92 Å². The van der Waals surface area contributed by atoms with Crippen LogP contribution in [0.3, 0.4) is 0 Å². The van der Waals surface area contributed by atoms with Crippen LogP contribution in [0.25, 0.3) is 0 Å². The number of amides is 1. The van der Waals surface area contributed by atoms with E-state index >= 15 is 0 Å². The highest BCUT2D eigenvalue weighted by atomic mass is 32.1. The lowest BCUT2D eigenvalue weighted by atomic mass is 10.1. The molecule has 8 heteroatoms. The van der Waals surface area contributed by atoms with Gasteiger partial charge in [0.05, 0.1) is 10.6 Å². The first-order valence-electron chi connectivity index (χ1n) is 6.54. The predicted molar refractivity (Wildman–Crippen MR) is 79.5 cm³/mol. The van der Waals surface area contributed by atoms with Crippen LogP contribution in [0.2, 0.25) is 0 Å². The molecule has 7 nitrogen and oxygen atoms in total. The fourth-order valence-electron chi connectivity index (χ4n) is 1.73. The van der Waals surface area contributed by atoms with Crippen molar-refractivity contribution in [1.29, 1.82) is 0 Å². The molecule has 0 bridgehead atoms. The minimum absolute atomic E-state index is 0.0835. The molecule has 2 rings (SSSR count). The summed E-state index contributed by atoms with van der Waals surface area (Å²) < 4.78 is 8.76. The van der Waals surface area contributed by atoms with E-state index in [2.05, 4.69) is 14.9 Å². The van der Waals surface area contributed by atoms with E-state index in [1.54, 1.807) is 6.92 Å². The van der Waals surface area contributed by atoms with Crippen molar-refractivity contribution in [3.8, 4) is 0 Å². The van der Waals surface area contributed by atoms with Gasteiger partial charge in [0.25, 0.3) is 0 Å². The van der Waals surface area contributed by atoms with Crippen molar-refractivity contribution in [2.45, 2.75) is 26.0 Å². The molecule has 1 unspecified atom stereocenters. The highest BCUT2D eigenvalue weighted by Crippen LogP contribution is 2.12. The number of carbonyl (C=O) groups excluding carboxylic acids is 1.